The van der Waals surface area contributed by atoms with E-state index in [9.17, 15) is 0 Å². The van der Waals surface area contributed by atoms with E-state index in [2.05, 4.69) is 60.8 Å². The van der Waals surface area contributed by atoms with Crippen molar-refractivity contribution >= 4 is 0 Å². The second-order valence-corrected chi connectivity index (χ2v) is 6.69. The van der Waals surface area contributed by atoms with Crippen molar-refractivity contribution in [3.63, 3.8) is 0 Å². The van der Waals surface area contributed by atoms with E-state index in [1.165, 1.54) is 42.4 Å². The van der Waals surface area contributed by atoms with Crippen LogP contribution in [-0.4, -0.2) is 0 Å². The van der Waals surface area contributed by atoms with Crippen LogP contribution in [0.4, 0.5) is 0 Å². The van der Waals surface area contributed by atoms with Crippen LogP contribution in [0.15, 0.2) is 48.5 Å². The zero-order chi connectivity index (χ0) is 14.2. The smallest absolute Gasteiger partial charge is 0.0354 e. The van der Waals surface area contributed by atoms with Gasteiger partial charge in [0.2, 0.25) is 0 Å². The Balaban J connectivity index is 1.59. The number of hydrogen-bond acceptors (Lipinski definition) is 1. The van der Waals surface area contributed by atoms with E-state index in [4.69, 9.17) is 0 Å². The van der Waals surface area contributed by atoms with Gasteiger partial charge in [0.05, 0.1) is 0 Å². The Labute approximate surface area is 127 Å². The van der Waals surface area contributed by atoms with Crippen LogP contribution in [0.5, 0.6) is 0 Å². The first kappa shape index (κ1) is 13.1. The predicted molar refractivity (Wildman–Crippen MR) is 87.3 cm³/mol. The lowest BCUT2D eigenvalue weighted by molar-refractivity contribution is 0.408. The van der Waals surface area contributed by atoms with Crippen LogP contribution >= 0.6 is 0 Å². The Bertz CT molecular complexity index is 628. The second-order valence-electron chi connectivity index (χ2n) is 6.69. The van der Waals surface area contributed by atoms with Crippen LogP contribution < -0.4 is 5.32 Å². The van der Waals surface area contributed by atoms with Crippen molar-refractivity contribution in [3.8, 4) is 0 Å². The number of rotatable bonds is 4. The maximum Gasteiger partial charge on any atom is 0.0354 e. The van der Waals surface area contributed by atoms with Crippen LogP contribution in [0.25, 0.3) is 0 Å². The fourth-order valence-electron chi connectivity index (χ4n) is 3.71. The lowest BCUT2D eigenvalue weighted by Crippen LogP contribution is -2.26. The Morgan fingerprint density at radius 2 is 1.81 bits per heavy atom. The first-order valence-electron chi connectivity index (χ1n) is 8.22. The molecule has 0 amide bonds. The maximum absolute atomic E-state index is 3.98. The molecule has 0 spiro atoms. The fraction of sp³-hybridized carbons (Fsp3) is 0.400. The molecule has 1 N–H and O–H groups in total. The SMILES string of the molecule is Cc1ccc2c(c1)C(NC(c1ccccc1)C1CC1)CC2. The molecule has 2 aromatic rings. The summed E-state index contributed by atoms with van der Waals surface area (Å²) in [7, 11) is 0. The van der Waals surface area contributed by atoms with Gasteiger partial charge in [-0.15, -0.1) is 0 Å². The average molecular weight is 277 g/mol. The van der Waals surface area contributed by atoms with Gasteiger partial charge in [0.25, 0.3) is 0 Å². The van der Waals surface area contributed by atoms with Crippen molar-refractivity contribution in [2.45, 2.75) is 44.7 Å². The normalized spacial score (nSPS) is 22.0. The Morgan fingerprint density at radius 3 is 2.57 bits per heavy atom. The molecule has 2 atom stereocenters. The summed E-state index contributed by atoms with van der Waals surface area (Å²) in [6.07, 6.45) is 5.22. The number of hydrogen-bond donors (Lipinski definition) is 1. The Morgan fingerprint density at radius 1 is 1.00 bits per heavy atom. The van der Waals surface area contributed by atoms with Crippen LogP contribution in [0.3, 0.4) is 0 Å². The van der Waals surface area contributed by atoms with E-state index >= 15 is 0 Å². The summed E-state index contributed by atoms with van der Waals surface area (Å²) >= 11 is 0. The minimum absolute atomic E-state index is 0.530. The molecule has 0 bridgehead atoms. The quantitative estimate of drug-likeness (QED) is 0.852. The van der Waals surface area contributed by atoms with Crippen molar-refractivity contribution < 1.29 is 0 Å². The first-order chi connectivity index (χ1) is 10.3. The van der Waals surface area contributed by atoms with Gasteiger partial charge in [-0.1, -0.05) is 54.1 Å². The lowest BCUT2D eigenvalue weighted by Gasteiger charge is -2.24. The zero-order valence-corrected chi connectivity index (χ0v) is 12.7. The summed E-state index contributed by atoms with van der Waals surface area (Å²) in [6.45, 7) is 2.20. The molecule has 4 rings (SSSR count). The number of aryl methyl sites for hydroxylation is 2. The summed E-state index contributed by atoms with van der Waals surface area (Å²) in [6, 6.07) is 19.0. The second kappa shape index (κ2) is 5.31. The molecule has 1 nitrogen and oxygen atoms in total. The Kier molecular flexibility index (Phi) is 3.31. The van der Waals surface area contributed by atoms with Crippen LogP contribution in [0.1, 0.15) is 53.6 Å². The molecule has 1 fully saturated rings. The average Bonchev–Trinajstić information content (AvgIpc) is 3.28. The fourth-order valence-corrected chi connectivity index (χ4v) is 3.71. The van der Waals surface area contributed by atoms with Gasteiger partial charge in [-0.05, 0) is 55.2 Å². The van der Waals surface area contributed by atoms with E-state index < -0.39 is 0 Å². The molecule has 0 heterocycles. The summed E-state index contributed by atoms with van der Waals surface area (Å²) in [5.41, 5.74) is 5.92. The van der Waals surface area contributed by atoms with Gasteiger partial charge in [0.1, 0.15) is 0 Å². The molecular formula is C20H23N. The molecule has 0 aromatic heterocycles. The predicted octanol–water partition coefficient (Wildman–Crippen LogP) is 4.72. The van der Waals surface area contributed by atoms with Crippen LogP contribution in [0.2, 0.25) is 0 Å². The first-order valence-corrected chi connectivity index (χ1v) is 8.22. The van der Waals surface area contributed by atoms with E-state index in [1.807, 2.05) is 0 Å². The molecule has 0 radical (unpaired) electrons. The van der Waals surface area contributed by atoms with E-state index in [0.717, 1.165) is 5.92 Å². The van der Waals surface area contributed by atoms with Gasteiger partial charge in [0, 0.05) is 12.1 Å². The van der Waals surface area contributed by atoms with E-state index in [1.54, 1.807) is 5.56 Å². The summed E-state index contributed by atoms with van der Waals surface area (Å²) in [5.74, 6) is 0.834. The minimum atomic E-state index is 0.530. The highest BCUT2D eigenvalue weighted by atomic mass is 15.0. The molecular weight excluding hydrogens is 254 g/mol. The summed E-state index contributed by atoms with van der Waals surface area (Å²) in [5, 5.41) is 3.98. The number of fused-ring (bicyclic) bond motifs is 1. The topological polar surface area (TPSA) is 12.0 Å². The molecule has 0 aliphatic heterocycles. The highest BCUT2D eigenvalue weighted by molar-refractivity contribution is 5.38. The van der Waals surface area contributed by atoms with Gasteiger partial charge >= 0.3 is 0 Å². The van der Waals surface area contributed by atoms with Gasteiger partial charge in [0.15, 0.2) is 0 Å². The highest BCUT2D eigenvalue weighted by Gasteiger charge is 2.35. The van der Waals surface area contributed by atoms with Crippen molar-refractivity contribution in [2.75, 3.05) is 0 Å². The third-order valence-electron chi connectivity index (χ3n) is 5.01. The number of nitrogens with one attached hydrogen (secondary N) is 1. The van der Waals surface area contributed by atoms with Crippen molar-refractivity contribution in [2.24, 2.45) is 5.92 Å². The van der Waals surface area contributed by atoms with Gasteiger partial charge in [-0.2, -0.15) is 0 Å². The largest absolute Gasteiger partial charge is 0.303 e. The molecule has 108 valence electrons. The molecule has 2 aromatic carbocycles. The molecule has 0 saturated heterocycles. The van der Waals surface area contributed by atoms with E-state index in [-0.39, 0.29) is 0 Å². The van der Waals surface area contributed by atoms with Gasteiger partial charge < -0.3 is 5.32 Å². The summed E-state index contributed by atoms with van der Waals surface area (Å²) in [4.78, 5) is 0. The monoisotopic (exact) mass is 277 g/mol. The maximum atomic E-state index is 3.98. The van der Waals surface area contributed by atoms with E-state index in [0.29, 0.717) is 12.1 Å². The van der Waals surface area contributed by atoms with Crippen molar-refractivity contribution in [1.82, 2.24) is 5.32 Å². The zero-order valence-electron chi connectivity index (χ0n) is 12.7. The minimum Gasteiger partial charge on any atom is -0.303 e. The Hall–Kier alpha value is -1.60. The van der Waals surface area contributed by atoms with Crippen LogP contribution in [0, 0.1) is 12.8 Å². The molecule has 2 unspecified atom stereocenters. The molecule has 2 aliphatic carbocycles. The van der Waals surface area contributed by atoms with Crippen molar-refractivity contribution in [1.29, 1.82) is 0 Å². The molecule has 1 heteroatoms. The van der Waals surface area contributed by atoms with Gasteiger partial charge in [-0.25, -0.2) is 0 Å². The highest BCUT2D eigenvalue weighted by Crippen LogP contribution is 2.43. The lowest BCUT2D eigenvalue weighted by atomic mass is 9.99. The standard InChI is InChI=1S/C20H23N/c1-14-7-8-15-11-12-19(18(15)13-14)21-20(17-9-10-17)16-5-3-2-4-6-16/h2-8,13,17,19-21H,9-12H2,1H3. The third kappa shape index (κ3) is 2.63. The van der Waals surface area contributed by atoms with Gasteiger partial charge in [-0.3, -0.25) is 0 Å². The van der Waals surface area contributed by atoms with Crippen LogP contribution in [-0.2, 0) is 6.42 Å². The molecule has 1 saturated carbocycles. The molecule has 2 aliphatic rings. The molecule has 21 heavy (non-hydrogen) atoms. The number of benzene rings is 2. The van der Waals surface area contributed by atoms with Crippen molar-refractivity contribution in [3.05, 3.63) is 70.8 Å². The summed E-state index contributed by atoms with van der Waals surface area (Å²) < 4.78 is 0. The third-order valence-corrected chi connectivity index (χ3v) is 5.01.